The van der Waals surface area contributed by atoms with Crippen molar-refractivity contribution in [1.82, 2.24) is 4.90 Å². The molecule has 0 saturated carbocycles. The molecule has 2 aliphatic heterocycles. The lowest BCUT2D eigenvalue weighted by Crippen LogP contribution is -2.38. The number of nitrogens with zero attached hydrogens (tertiary/aromatic N) is 2. The highest BCUT2D eigenvalue weighted by Crippen LogP contribution is 2.31. The zero-order valence-corrected chi connectivity index (χ0v) is 19.3. The van der Waals surface area contributed by atoms with Gasteiger partial charge in [0.25, 0.3) is 5.91 Å². The number of piperidine rings is 1. The van der Waals surface area contributed by atoms with E-state index < -0.39 is 0 Å². The molecule has 2 aliphatic rings. The van der Waals surface area contributed by atoms with E-state index in [4.69, 9.17) is 0 Å². The first-order valence-corrected chi connectivity index (χ1v) is 12.1. The number of fused-ring (bicyclic) bond motifs is 1. The molecular formula is C28H30N4O2. The first kappa shape index (κ1) is 22.0. The van der Waals surface area contributed by atoms with Crippen molar-refractivity contribution >= 4 is 29.0 Å². The van der Waals surface area contributed by atoms with Crippen LogP contribution in [0.15, 0.2) is 72.8 Å². The van der Waals surface area contributed by atoms with Crippen LogP contribution in [0.3, 0.4) is 0 Å². The largest absolute Gasteiger partial charge is 0.366 e. The number of carbonyl (C=O) groups is 2. The van der Waals surface area contributed by atoms with Crippen LogP contribution in [0.5, 0.6) is 0 Å². The Kier molecular flexibility index (Phi) is 6.47. The van der Waals surface area contributed by atoms with E-state index in [9.17, 15) is 9.59 Å². The third kappa shape index (κ3) is 4.91. The third-order valence-electron chi connectivity index (χ3n) is 6.63. The van der Waals surface area contributed by atoms with Crippen molar-refractivity contribution in [3.05, 3.63) is 89.5 Å². The third-order valence-corrected chi connectivity index (χ3v) is 6.63. The van der Waals surface area contributed by atoms with Crippen molar-refractivity contribution in [2.24, 2.45) is 0 Å². The van der Waals surface area contributed by atoms with E-state index in [1.807, 2.05) is 53.4 Å². The number of anilines is 3. The predicted molar refractivity (Wildman–Crippen MR) is 136 cm³/mol. The van der Waals surface area contributed by atoms with Gasteiger partial charge in [0.05, 0.1) is 5.56 Å². The van der Waals surface area contributed by atoms with Gasteiger partial charge in [-0.15, -0.1) is 0 Å². The molecule has 174 valence electrons. The first-order valence-electron chi connectivity index (χ1n) is 12.1. The summed E-state index contributed by atoms with van der Waals surface area (Å²) in [4.78, 5) is 30.4. The van der Waals surface area contributed by atoms with E-state index in [0.29, 0.717) is 16.9 Å². The van der Waals surface area contributed by atoms with Crippen molar-refractivity contribution in [3.63, 3.8) is 0 Å². The van der Waals surface area contributed by atoms with E-state index in [0.717, 1.165) is 51.1 Å². The van der Waals surface area contributed by atoms with Crippen LogP contribution in [0.25, 0.3) is 0 Å². The van der Waals surface area contributed by atoms with Crippen LogP contribution in [0.2, 0.25) is 0 Å². The zero-order chi connectivity index (χ0) is 23.3. The summed E-state index contributed by atoms with van der Waals surface area (Å²) in [5.74, 6) is 0.0423. The highest BCUT2D eigenvalue weighted by molar-refractivity contribution is 6.04. The Balaban J connectivity index is 1.41. The Morgan fingerprint density at radius 3 is 2.21 bits per heavy atom. The second kappa shape index (κ2) is 10.00. The van der Waals surface area contributed by atoms with Crippen LogP contribution in [0, 0.1) is 0 Å². The molecule has 0 aromatic heterocycles. The lowest BCUT2D eigenvalue weighted by atomic mass is 9.98. The minimum atomic E-state index is -0.331. The Morgan fingerprint density at radius 2 is 1.41 bits per heavy atom. The maximum absolute atomic E-state index is 13.6. The first-order chi connectivity index (χ1) is 16.7. The SMILES string of the molecule is O=C(Nc1ccccc1)Nc1ccc(N2CCc3ccccc3C2)c(C(=O)N2CCCCC2)c1. The molecule has 1 fully saturated rings. The van der Waals surface area contributed by atoms with Crippen LogP contribution >= 0.6 is 0 Å². The molecule has 0 atom stereocenters. The Morgan fingerprint density at radius 1 is 0.706 bits per heavy atom. The molecule has 0 bridgehead atoms. The summed E-state index contributed by atoms with van der Waals surface area (Å²) in [6, 6.07) is 23.2. The highest BCUT2D eigenvalue weighted by atomic mass is 16.2. The number of benzene rings is 3. The number of likely N-dealkylation sites (tertiary alicyclic amines) is 1. The number of hydrogen-bond acceptors (Lipinski definition) is 3. The number of para-hydroxylation sites is 1. The molecule has 6 heteroatoms. The average Bonchev–Trinajstić information content (AvgIpc) is 2.89. The van der Waals surface area contributed by atoms with Crippen LogP contribution in [-0.2, 0) is 13.0 Å². The van der Waals surface area contributed by atoms with E-state index in [-0.39, 0.29) is 11.9 Å². The summed E-state index contributed by atoms with van der Waals surface area (Å²) in [6.45, 7) is 3.21. The smallest absolute Gasteiger partial charge is 0.323 e. The minimum Gasteiger partial charge on any atom is -0.366 e. The summed E-state index contributed by atoms with van der Waals surface area (Å²) >= 11 is 0. The standard InChI is InChI=1S/C28H30N4O2/c33-27(31-16-7-2-8-17-31)25-19-24(30-28(34)29-23-11-3-1-4-12-23)13-14-26(25)32-18-15-21-9-5-6-10-22(21)20-32/h1,3-6,9-14,19H,2,7-8,15-18,20H2,(H2,29,30,34). The monoisotopic (exact) mass is 454 g/mol. The molecule has 34 heavy (non-hydrogen) atoms. The van der Waals surface area contributed by atoms with Gasteiger partial charge in [-0.1, -0.05) is 42.5 Å². The fourth-order valence-corrected chi connectivity index (χ4v) is 4.84. The maximum atomic E-state index is 13.6. The van der Waals surface area contributed by atoms with Gasteiger partial charge in [-0.25, -0.2) is 4.79 Å². The van der Waals surface area contributed by atoms with Gasteiger partial charge in [0, 0.05) is 43.2 Å². The van der Waals surface area contributed by atoms with Gasteiger partial charge in [0.1, 0.15) is 0 Å². The molecular weight excluding hydrogens is 424 g/mol. The Bertz CT molecular complexity index is 1170. The zero-order valence-electron chi connectivity index (χ0n) is 19.3. The highest BCUT2D eigenvalue weighted by Gasteiger charge is 2.25. The van der Waals surface area contributed by atoms with Crippen molar-refractivity contribution in [3.8, 4) is 0 Å². The summed E-state index contributed by atoms with van der Waals surface area (Å²) in [6.07, 6.45) is 4.19. The van der Waals surface area contributed by atoms with E-state index in [2.05, 4.69) is 39.8 Å². The van der Waals surface area contributed by atoms with Crippen LogP contribution < -0.4 is 15.5 Å². The maximum Gasteiger partial charge on any atom is 0.323 e. The van der Waals surface area contributed by atoms with Gasteiger partial charge in [-0.05, 0) is 67.1 Å². The van der Waals surface area contributed by atoms with Gasteiger partial charge in [0.15, 0.2) is 0 Å². The summed E-state index contributed by atoms with van der Waals surface area (Å²) in [5, 5.41) is 5.73. The van der Waals surface area contributed by atoms with Crippen molar-refractivity contribution in [1.29, 1.82) is 0 Å². The van der Waals surface area contributed by atoms with E-state index >= 15 is 0 Å². The average molecular weight is 455 g/mol. The molecule has 0 aliphatic carbocycles. The molecule has 5 rings (SSSR count). The number of nitrogens with one attached hydrogen (secondary N) is 2. The summed E-state index contributed by atoms with van der Waals surface area (Å²) in [5.41, 5.74) is 5.58. The molecule has 0 spiro atoms. The minimum absolute atomic E-state index is 0.0423. The number of amides is 3. The molecule has 6 nitrogen and oxygen atoms in total. The molecule has 3 aromatic carbocycles. The van der Waals surface area contributed by atoms with Crippen molar-refractivity contribution in [2.75, 3.05) is 35.2 Å². The van der Waals surface area contributed by atoms with Crippen molar-refractivity contribution < 1.29 is 9.59 Å². The normalized spacial score (nSPS) is 15.4. The number of rotatable bonds is 4. The lowest BCUT2D eigenvalue weighted by Gasteiger charge is -2.34. The van der Waals surface area contributed by atoms with Gasteiger partial charge in [-0.3, -0.25) is 4.79 Å². The van der Waals surface area contributed by atoms with Crippen LogP contribution in [-0.4, -0.2) is 36.5 Å². The quantitative estimate of drug-likeness (QED) is 0.546. The van der Waals surface area contributed by atoms with Gasteiger partial charge in [0.2, 0.25) is 0 Å². The topological polar surface area (TPSA) is 64.7 Å². The molecule has 0 radical (unpaired) electrons. The molecule has 0 unspecified atom stereocenters. The summed E-state index contributed by atoms with van der Waals surface area (Å²) in [7, 11) is 0. The predicted octanol–water partition coefficient (Wildman–Crippen LogP) is 5.52. The Hall–Kier alpha value is -3.80. The number of urea groups is 1. The second-order valence-corrected chi connectivity index (χ2v) is 8.97. The van der Waals surface area contributed by atoms with Gasteiger partial charge >= 0.3 is 6.03 Å². The van der Waals surface area contributed by atoms with Gasteiger partial charge in [-0.2, -0.15) is 0 Å². The van der Waals surface area contributed by atoms with E-state index in [1.165, 1.54) is 17.5 Å². The molecule has 2 N–H and O–H groups in total. The number of hydrogen-bond donors (Lipinski definition) is 2. The fraction of sp³-hybridized carbons (Fsp3) is 0.286. The van der Waals surface area contributed by atoms with Crippen LogP contribution in [0.4, 0.5) is 21.9 Å². The molecule has 1 saturated heterocycles. The van der Waals surface area contributed by atoms with E-state index in [1.54, 1.807) is 0 Å². The lowest BCUT2D eigenvalue weighted by molar-refractivity contribution is 0.0725. The molecule has 3 aromatic rings. The number of carbonyl (C=O) groups excluding carboxylic acids is 2. The summed E-state index contributed by atoms with van der Waals surface area (Å²) < 4.78 is 0. The Labute approximate surface area is 200 Å². The van der Waals surface area contributed by atoms with Gasteiger partial charge < -0.3 is 20.4 Å². The molecule has 2 heterocycles. The second-order valence-electron chi connectivity index (χ2n) is 8.97. The van der Waals surface area contributed by atoms with Crippen molar-refractivity contribution in [2.45, 2.75) is 32.2 Å². The molecule has 3 amide bonds. The van der Waals surface area contributed by atoms with Crippen LogP contribution in [0.1, 0.15) is 40.7 Å². The fourth-order valence-electron chi connectivity index (χ4n) is 4.84.